The van der Waals surface area contributed by atoms with Gasteiger partial charge < -0.3 is 24.3 Å². The first-order valence-electron chi connectivity index (χ1n) is 12.6. The highest BCUT2D eigenvalue weighted by molar-refractivity contribution is 5.79. The highest BCUT2D eigenvalue weighted by Crippen LogP contribution is 2.26. The van der Waals surface area contributed by atoms with Crippen molar-refractivity contribution in [2.24, 2.45) is 5.92 Å². The average Bonchev–Trinajstić information content (AvgIpc) is 2.90. The fourth-order valence-corrected chi connectivity index (χ4v) is 5.29. The first kappa shape index (κ1) is 22.9. The van der Waals surface area contributed by atoms with Crippen molar-refractivity contribution in [2.75, 3.05) is 80.3 Å². The van der Waals surface area contributed by atoms with Gasteiger partial charge in [-0.15, -0.1) is 10.2 Å². The topological polar surface area (TPSA) is 65.0 Å². The summed E-state index contributed by atoms with van der Waals surface area (Å²) in [5.74, 6) is 2.26. The number of carbonyl (C=O) groups excluding carboxylic acids is 1. The second kappa shape index (κ2) is 10.2. The van der Waals surface area contributed by atoms with E-state index in [2.05, 4.69) is 74.0 Å². The number of piperidine rings is 1. The van der Waals surface area contributed by atoms with E-state index in [1.807, 2.05) is 0 Å². The van der Waals surface area contributed by atoms with Crippen molar-refractivity contribution in [1.82, 2.24) is 15.1 Å². The monoisotopic (exact) mass is 464 g/mol. The summed E-state index contributed by atoms with van der Waals surface area (Å²) in [7, 11) is 0. The molecule has 4 heterocycles. The molecule has 3 saturated heterocycles. The zero-order valence-corrected chi connectivity index (χ0v) is 20.4. The number of hydrogen-bond acceptors (Lipinski definition) is 7. The number of aryl methyl sites for hydroxylation is 2. The predicted octanol–water partition coefficient (Wildman–Crippen LogP) is 2.50. The SMILES string of the molecule is Cc1ccc(C)c(N2CCN(C(=O)C3CCN(c4ccc(N5CCOCC5)nn4)CC3)CC2)c1. The number of ether oxygens (including phenoxy) is 1. The molecule has 1 amide bonds. The van der Waals surface area contributed by atoms with E-state index in [0.717, 1.165) is 90.0 Å². The van der Waals surface area contributed by atoms with Crippen molar-refractivity contribution in [3.63, 3.8) is 0 Å². The zero-order chi connectivity index (χ0) is 23.5. The number of anilines is 3. The molecule has 0 aliphatic carbocycles. The Balaban J connectivity index is 1.11. The van der Waals surface area contributed by atoms with Crippen LogP contribution in [-0.4, -0.2) is 86.6 Å². The third-order valence-electron chi connectivity index (χ3n) is 7.44. The van der Waals surface area contributed by atoms with Gasteiger partial charge in [-0.1, -0.05) is 12.1 Å². The van der Waals surface area contributed by atoms with E-state index in [0.29, 0.717) is 5.91 Å². The molecular weight excluding hydrogens is 428 g/mol. The van der Waals surface area contributed by atoms with Crippen LogP contribution in [0.2, 0.25) is 0 Å². The second-order valence-electron chi connectivity index (χ2n) is 9.71. The summed E-state index contributed by atoms with van der Waals surface area (Å²) in [6.45, 7) is 12.6. The van der Waals surface area contributed by atoms with Crippen molar-refractivity contribution in [2.45, 2.75) is 26.7 Å². The summed E-state index contributed by atoms with van der Waals surface area (Å²) in [5.41, 5.74) is 3.89. The van der Waals surface area contributed by atoms with Crippen molar-refractivity contribution in [1.29, 1.82) is 0 Å². The van der Waals surface area contributed by atoms with Crippen LogP contribution in [0, 0.1) is 19.8 Å². The molecule has 0 atom stereocenters. The Kier molecular flexibility index (Phi) is 6.85. The van der Waals surface area contributed by atoms with Crippen LogP contribution in [0.5, 0.6) is 0 Å². The maximum Gasteiger partial charge on any atom is 0.225 e. The maximum absolute atomic E-state index is 13.2. The number of morpholine rings is 1. The summed E-state index contributed by atoms with van der Waals surface area (Å²) in [4.78, 5) is 22.2. The Labute approximate surface area is 202 Å². The zero-order valence-electron chi connectivity index (χ0n) is 20.4. The van der Waals surface area contributed by atoms with Gasteiger partial charge in [0.15, 0.2) is 11.6 Å². The van der Waals surface area contributed by atoms with E-state index in [1.165, 1.54) is 16.8 Å². The minimum absolute atomic E-state index is 0.115. The van der Waals surface area contributed by atoms with Gasteiger partial charge in [0.2, 0.25) is 5.91 Å². The van der Waals surface area contributed by atoms with Gasteiger partial charge in [-0.3, -0.25) is 4.79 Å². The summed E-state index contributed by atoms with van der Waals surface area (Å²) in [6, 6.07) is 10.7. The second-order valence-corrected chi connectivity index (χ2v) is 9.71. The Morgan fingerprint density at radius 2 is 1.41 bits per heavy atom. The summed E-state index contributed by atoms with van der Waals surface area (Å²) >= 11 is 0. The minimum Gasteiger partial charge on any atom is -0.378 e. The smallest absolute Gasteiger partial charge is 0.225 e. The van der Waals surface area contributed by atoms with E-state index in [-0.39, 0.29) is 5.92 Å². The molecule has 0 unspecified atom stereocenters. The Bertz CT molecular complexity index is 975. The molecule has 182 valence electrons. The molecular formula is C26H36N6O2. The average molecular weight is 465 g/mol. The van der Waals surface area contributed by atoms with E-state index in [4.69, 9.17) is 4.74 Å². The molecule has 34 heavy (non-hydrogen) atoms. The lowest BCUT2D eigenvalue weighted by Crippen LogP contribution is -2.52. The molecule has 5 rings (SSSR count). The van der Waals surface area contributed by atoms with E-state index in [1.54, 1.807) is 0 Å². The molecule has 1 aromatic heterocycles. The number of benzene rings is 1. The Hall–Kier alpha value is -2.87. The molecule has 3 aliphatic heterocycles. The minimum atomic E-state index is 0.115. The van der Waals surface area contributed by atoms with Gasteiger partial charge in [0, 0.05) is 64.0 Å². The molecule has 0 N–H and O–H groups in total. The molecule has 8 nitrogen and oxygen atoms in total. The highest BCUT2D eigenvalue weighted by Gasteiger charge is 2.31. The first-order chi connectivity index (χ1) is 16.6. The number of aromatic nitrogens is 2. The van der Waals surface area contributed by atoms with Crippen molar-refractivity contribution >= 4 is 23.2 Å². The third-order valence-corrected chi connectivity index (χ3v) is 7.44. The number of hydrogen-bond donors (Lipinski definition) is 0. The number of carbonyl (C=O) groups is 1. The number of piperazine rings is 1. The Morgan fingerprint density at radius 1 is 0.794 bits per heavy atom. The molecule has 0 radical (unpaired) electrons. The van der Waals surface area contributed by atoms with Crippen LogP contribution >= 0.6 is 0 Å². The lowest BCUT2D eigenvalue weighted by Gasteiger charge is -2.40. The predicted molar refractivity (Wildman–Crippen MR) is 135 cm³/mol. The van der Waals surface area contributed by atoms with Gasteiger partial charge in [0.25, 0.3) is 0 Å². The van der Waals surface area contributed by atoms with Crippen molar-refractivity contribution < 1.29 is 9.53 Å². The summed E-state index contributed by atoms with van der Waals surface area (Å²) in [5, 5.41) is 8.93. The van der Waals surface area contributed by atoms with Gasteiger partial charge >= 0.3 is 0 Å². The van der Waals surface area contributed by atoms with Gasteiger partial charge in [-0.2, -0.15) is 0 Å². The van der Waals surface area contributed by atoms with E-state index in [9.17, 15) is 4.79 Å². The van der Waals surface area contributed by atoms with Crippen LogP contribution in [0.1, 0.15) is 24.0 Å². The molecule has 0 saturated carbocycles. The number of rotatable bonds is 4. The molecule has 1 aromatic carbocycles. The third kappa shape index (κ3) is 4.97. The number of nitrogens with zero attached hydrogens (tertiary/aromatic N) is 6. The van der Waals surface area contributed by atoms with Crippen LogP contribution in [0.3, 0.4) is 0 Å². The first-order valence-corrected chi connectivity index (χ1v) is 12.6. The lowest BCUT2D eigenvalue weighted by molar-refractivity contribution is -0.136. The molecule has 3 fully saturated rings. The van der Waals surface area contributed by atoms with Crippen LogP contribution in [0.15, 0.2) is 30.3 Å². The van der Waals surface area contributed by atoms with Gasteiger partial charge in [-0.05, 0) is 56.0 Å². The van der Waals surface area contributed by atoms with E-state index >= 15 is 0 Å². The van der Waals surface area contributed by atoms with Crippen LogP contribution < -0.4 is 14.7 Å². The maximum atomic E-state index is 13.2. The summed E-state index contributed by atoms with van der Waals surface area (Å²) < 4.78 is 5.42. The van der Waals surface area contributed by atoms with Crippen LogP contribution in [-0.2, 0) is 9.53 Å². The van der Waals surface area contributed by atoms with Crippen LogP contribution in [0.25, 0.3) is 0 Å². The van der Waals surface area contributed by atoms with Crippen molar-refractivity contribution in [3.05, 3.63) is 41.5 Å². The van der Waals surface area contributed by atoms with E-state index < -0.39 is 0 Å². The van der Waals surface area contributed by atoms with Crippen LogP contribution in [0.4, 0.5) is 17.3 Å². The Morgan fingerprint density at radius 3 is 2.03 bits per heavy atom. The summed E-state index contributed by atoms with van der Waals surface area (Å²) in [6.07, 6.45) is 1.76. The lowest BCUT2D eigenvalue weighted by atomic mass is 9.95. The van der Waals surface area contributed by atoms with Crippen molar-refractivity contribution in [3.8, 4) is 0 Å². The normalized spacial score (nSPS) is 20.1. The van der Waals surface area contributed by atoms with Gasteiger partial charge in [0.1, 0.15) is 0 Å². The quantitative estimate of drug-likeness (QED) is 0.689. The largest absolute Gasteiger partial charge is 0.378 e. The molecule has 0 bridgehead atoms. The fourth-order valence-electron chi connectivity index (χ4n) is 5.29. The molecule has 0 spiro atoms. The molecule has 8 heteroatoms. The standard InChI is InChI=1S/C26H36N6O2/c1-20-3-4-21(2)23(19-20)29-11-13-32(14-12-29)26(33)22-7-9-30(10-8-22)24-5-6-25(28-27-24)31-15-17-34-18-16-31/h3-6,19,22H,7-18H2,1-2H3. The number of amides is 1. The fraction of sp³-hybridized carbons (Fsp3) is 0.577. The van der Waals surface area contributed by atoms with Gasteiger partial charge in [0.05, 0.1) is 13.2 Å². The highest BCUT2D eigenvalue weighted by atomic mass is 16.5. The molecule has 3 aliphatic rings. The van der Waals surface area contributed by atoms with Gasteiger partial charge in [-0.25, -0.2) is 0 Å². The molecule has 2 aromatic rings.